The molecule has 2 heterocycles. The van der Waals surface area contributed by atoms with Crippen LogP contribution in [0.3, 0.4) is 0 Å². The summed E-state index contributed by atoms with van der Waals surface area (Å²) < 4.78 is 5.45. The maximum atomic E-state index is 2.92. The van der Waals surface area contributed by atoms with E-state index in [-0.39, 0.29) is 0 Å². The summed E-state index contributed by atoms with van der Waals surface area (Å²) in [6.45, 7) is 28.7. The van der Waals surface area contributed by atoms with Gasteiger partial charge in [-0.15, -0.1) is 0 Å². The largest absolute Gasteiger partial charge is 0.303 e. The van der Waals surface area contributed by atoms with Crippen LogP contribution >= 0.6 is 0 Å². The first-order valence-electron chi connectivity index (χ1n) is 40.8. The molecule has 0 N–H and O–H groups in total. The summed E-state index contributed by atoms with van der Waals surface area (Å²) in [6, 6.07) is 9.95. The van der Waals surface area contributed by atoms with Crippen LogP contribution in [0.25, 0.3) is 0 Å². The number of hydrogen-bond donors (Lipinski definition) is 0. The molecule has 0 fully saturated rings. The molecule has 0 aliphatic carbocycles. The summed E-state index contributed by atoms with van der Waals surface area (Å²) in [4.78, 5) is 5.84. The second-order valence-electron chi connectivity index (χ2n) is 29.2. The summed E-state index contributed by atoms with van der Waals surface area (Å²) in [6.07, 6.45) is 82.1. The van der Waals surface area contributed by atoms with Crippen molar-refractivity contribution in [2.75, 3.05) is 39.3 Å². The van der Waals surface area contributed by atoms with Gasteiger partial charge in [-0.2, -0.15) is 9.13 Å². The van der Waals surface area contributed by atoms with Crippen LogP contribution in [0.1, 0.15) is 421 Å². The van der Waals surface area contributed by atoms with Crippen molar-refractivity contribution in [2.45, 2.75) is 441 Å². The standard InChI is InChI=1S/C84H160N4/c1-9-13-17-21-25-29-33-37-39-43-47-51-55-59-67-85(71-63-73-87-81(7)75-79(5)77-83(87)65-57-53-49-45-41-35-31-27-23-19-15-11-3)69-61-62-70-86(68-60-56-52-48-44-40-38-34-30-26-22-18-14-10-2)72-64-74-88-82(8)76-80(6)78-84(88)66-58-54-50-46-42-36-32-28-24-20-16-12-4/h75-78H,9-74H2,1-8H3/q+2. The van der Waals surface area contributed by atoms with Gasteiger partial charge in [0.15, 0.2) is 22.8 Å². The first-order chi connectivity index (χ1) is 43.3. The van der Waals surface area contributed by atoms with E-state index in [0.717, 1.165) is 0 Å². The van der Waals surface area contributed by atoms with Gasteiger partial charge in [0.05, 0.1) is 0 Å². The van der Waals surface area contributed by atoms with Gasteiger partial charge in [-0.3, -0.25) is 0 Å². The predicted molar refractivity (Wildman–Crippen MR) is 394 cm³/mol. The average molecular weight is 1230 g/mol. The van der Waals surface area contributed by atoms with Gasteiger partial charge in [0.1, 0.15) is 13.1 Å². The molecule has 0 aliphatic rings. The molecule has 0 saturated carbocycles. The minimum Gasteiger partial charge on any atom is -0.303 e. The van der Waals surface area contributed by atoms with Gasteiger partial charge >= 0.3 is 0 Å². The van der Waals surface area contributed by atoms with Crippen molar-refractivity contribution >= 4 is 0 Å². The Morgan fingerprint density at radius 3 is 0.625 bits per heavy atom. The van der Waals surface area contributed by atoms with Crippen molar-refractivity contribution in [1.29, 1.82) is 0 Å². The Bertz CT molecular complexity index is 1640. The topological polar surface area (TPSA) is 14.2 Å². The second-order valence-corrected chi connectivity index (χ2v) is 29.2. The van der Waals surface area contributed by atoms with Gasteiger partial charge in [0.2, 0.25) is 0 Å². The van der Waals surface area contributed by atoms with Crippen LogP contribution in [0.5, 0.6) is 0 Å². The first kappa shape index (κ1) is 82.3. The Balaban J connectivity index is 2.02. The zero-order chi connectivity index (χ0) is 63.3. The van der Waals surface area contributed by atoms with Gasteiger partial charge in [0, 0.05) is 76.9 Å². The number of nitrogens with zero attached hydrogens (tertiary/aromatic N) is 4. The Kier molecular flexibility index (Phi) is 58.6. The van der Waals surface area contributed by atoms with Crippen molar-refractivity contribution in [1.82, 2.24) is 9.80 Å². The summed E-state index contributed by atoms with van der Waals surface area (Å²) in [7, 11) is 0. The van der Waals surface area contributed by atoms with E-state index in [1.807, 2.05) is 0 Å². The summed E-state index contributed by atoms with van der Waals surface area (Å²) in [5.41, 5.74) is 9.01. The molecule has 4 heteroatoms. The highest BCUT2D eigenvalue weighted by Crippen LogP contribution is 2.19. The maximum Gasteiger partial charge on any atom is 0.181 e. The highest BCUT2D eigenvalue weighted by Gasteiger charge is 2.19. The summed E-state index contributed by atoms with van der Waals surface area (Å²) in [5.74, 6) is 0. The fourth-order valence-corrected chi connectivity index (χ4v) is 14.7. The van der Waals surface area contributed by atoms with Crippen LogP contribution in [0.15, 0.2) is 24.3 Å². The SMILES string of the molecule is CCCCCCCCCCCCCCCCN(CCCCN(CCCCCCCCCCCCCCCC)CCC[n+]1c(C)cc(C)cc1CCCCCCCCCCCCCC)CCC[n+]1c(C)cc(C)cc1CCCCCCCCCCCCCC. The third kappa shape index (κ3) is 48.9. The third-order valence-electron chi connectivity index (χ3n) is 20.3. The summed E-state index contributed by atoms with van der Waals surface area (Å²) in [5, 5.41) is 0. The molecule has 0 radical (unpaired) electrons. The van der Waals surface area contributed by atoms with E-state index in [1.54, 1.807) is 11.4 Å². The summed E-state index contributed by atoms with van der Waals surface area (Å²) >= 11 is 0. The Hall–Kier alpha value is -1.78. The highest BCUT2D eigenvalue weighted by atomic mass is 15.1. The van der Waals surface area contributed by atoms with Crippen molar-refractivity contribution in [3.63, 3.8) is 0 Å². The molecular weight excluding hydrogens is 1060 g/mol. The van der Waals surface area contributed by atoms with E-state index in [0.29, 0.717) is 0 Å². The number of aryl methyl sites for hydroxylation is 6. The molecule has 0 saturated heterocycles. The van der Waals surface area contributed by atoms with Crippen LogP contribution in [0.4, 0.5) is 0 Å². The molecule has 2 aromatic heterocycles. The van der Waals surface area contributed by atoms with Crippen LogP contribution < -0.4 is 9.13 Å². The molecular formula is C84H160N4+2. The molecule has 2 rings (SSSR count). The lowest BCUT2D eigenvalue weighted by Gasteiger charge is -2.25. The predicted octanol–water partition coefficient (Wildman–Crippen LogP) is 25.8. The lowest BCUT2D eigenvalue weighted by Crippen LogP contribution is -2.43. The minimum absolute atomic E-state index is 1.17. The molecule has 0 amide bonds. The Morgan fingerprint density at radius 1 is 0.216 bits per heavy atom. The van der Waals surface area contributed by atoms with E-state index in [2.05, 4.69) is 98.6 Å². The number of rotatable bonds is 69. The molecule has 4 nitrogen and oxygen atoms in total. The molecule has 0 aromatic carbocycles. The smallest absolute Gasteiger partial charge is 0.181 e. The van der Waals surface area contributed by atoms with Gasteiger partial charge in [-0.05, 0) is 89.7 Å². The first-order valence-corrected chi connectivity index (χ1v) is 40.8. The van der Waals surface area contributed by atoms with Crippen LogP contribution in [0.2, 0.25) is 0 Å². The number of pyridine rings is 2. The molecule has 2 aromatic rings. The minimum atomic E-state index is 1.17. The molecule has 0 aliphatic heterocycles. The quantitative estimate of drug-likeness (QED) is 0.0484. The fraction of sp³-hybridized carbons (Fsp3) is 0.881. The maximum absolute atomic E-state index is 2.92. The lowest BCUT2D eigenvalue weighted by atomic mass is 10.0. The fourth-order valence-electron chi connectivity index (χ4n) is 14.7. The molecule has 0 unspecified atom stereocenters. The van der Waals surface area contributed by atoms with E-state index >= 15 is 0 Å². The van der Waals surface area contributed by atoms with Crippen molar-refractivity contribution in [2.24, 2.45) is 0 Å². The molecule has 514 valence electrons. The van der Waals surface area contributed by atoms with Crippen LogP contribution in [0, 0.1) is 27.7 Å². The van der Waals surface area contributed by atoms with Gasteiger partial charge in [-0.25, -0.2) is 0 Å². The van der Waals surface area contributed by atoms with Crippen molar-refractivity contribution in [3.8, 4) is 0 Å². The normalized spacial score (nSPS) is 11.9. The number of unbranched alkanes of at least 4 members (excludes halogenated alkanes) is 49. The zero-order valence-electron chi connectivity index (χ0n) is 61.8. The van der Waals surface area contributed by atoms with Gasteiger partial charge < -0.3 is 9.80 Å². The van der Waals surface area contributed by atoms with Gasteiger partial charge in [0.25, 0.3) is 0 Å². The third-order valence-corrected chi connectivity index (χ3v) is 20.3. The molecule has 0 spiro atoms. The van der Waals surface area contributed by atoms with E-state index < -0.39 is 0 Å². The number of aromatic nitrogens is 2. The molecule has 0 bridgehead atoms. The highest BCUT2D eigenvalue weighted by molar-refractivity contribution is 5.15. The van der Waals surface area contributed by atoms with E-state index in [4.69, 9.17) is 0 Å². The van der Waals surface area contributed by atoms with E-state index in [1.165, 1.54) is 447 Å². The Labute approximate surface area is 554 Å². The monoisotopic (exact) mass is 1230 g/mol. The second kappa shape index (κ2) is 62.7. The van der Waals surface area contributed by atoms with Crippen LogP contribution in [-0.2, 0) is 25.9 Å². The van der Waals surface area contributed by atoms with E-state index in [9.17, 15) is 0 Å². The van der Waals surface area contributed by atoms with Gasteiger partial charge in [-0.1, -0.05) is 336 Å². The molecule has 0 atom stereocenters. The lowest BCUT2D eigenvalue weighted by molar-refractivity contribution is -0.710. The Morgan fingerprint density at radius 2 is 0.398 bits per heavy atom. The molecule has 88 heavy (non-hydrogen) atoms. The van der Waals surface area contributed by atoms with Crippen molar-refractivity contribution < 1.29 is 9.13 Å². The average Bonchev–Trinajstić information content (AvgIpc) is 3.72. The van der Waals surface area contributed by atoms with Crippen molar-refractivity contribution in [3.05, 3.63) is 58.2 Å². The zero-order valence-corrected chi connectivity index (χ0v) is 61.8. The van der Waals surface area contributed by atoms with Crippen LogP contribution in [-0.4, -0.2) is 49.1 Å². The number of hydrogen-bond acceptors (Lipinski definition) is 2.